The van der Waals surface area contributed by atoms with Crippen LogP contribution in [-0.2, 0) is 11.3 Å². The van der Waals surface area contributed by atoms with Crippen molar-refractivity contribution in [1.82, 2.24) is 20.4 Å². The number of carbonyl (C=O) groups is 2. The van der Waals surface area contributed by atoms with Crippen molar-refractivity contribution in [2.24, 2.45) is 0 Å². The van der Waals surface area contributed by atoms with E-state index in [-0.39, 0.29) is 30.4 Å². The fourth-order valence-corrected chi connectivity index (χ4v) is 2.70. The van der Waals surface area contributed by atoms with E-state index >= 15 is 0 Å². The first kappa shape index (κ1) is 20.3. The fraction of sp³-hybridized carbons (Fsp3) is 0.529. The second kappa shape index (κ2) is 10.2. The van der Waals surface area contributed by atoms with Crippen molar-refractivity contribution in [2.45, 2.75) is 25.9 Å². The van der Waals surface area contributed by atoms with Crippen LogP contribution in [0.3, 0.4) is 0 Å². The van der Waals surface area contributed by atoms with Crippen molar-refractivity contribution < 1.29 is 9.59 Å². The lowest BCUT2D eigenvalue weighted by Crippen LogP contribution is -2.52. The normalized spacial score (nSPS) is 16.9. The number of hydrogen-bond donors (Lipinski definition) is 2. The van der Waals surface area contributed by atoms with E-state index in [1.807, 2.05) is 42.2 Å². The maximum Gasteiger partial charge on any atom is 0.317 e. The van der Waals surface area contributed by atoms with Crippen LogP contribution in [0.4, 0.5) is 4.79 Å². The number of benzene rings is 1. The molecule has 1 aliphatic heterocycles. The van der Waals surface area contributed by atoms with E-state index in [4.69, 9.17) is 0 Å². The lowest BCUT2D eigenvalue weighted by atomic mass is 10.2. The molecule has 0 aliphatic carbocycles. The number of carbonyl (C=O) groups excluding carboxylic acids is 2. The Bertz CT molecular complexity index is 527. The highest BCUT2D eigenvalue weighted by molar-refractivity contribution is 5.85. The van der Waals surface area contributed by atoms with Gasteiger partial charge in [-0.2, -0.15) is 0 Å². The molecule has 1 heterocycles. The van der Waals surface area contributed by atoms with Crippen molar-refractivity contribution in [3.05, 3.63) is 35.9 Å². The first-order valence-electron chi connectivity index (χ1n) is 8.11. The van der Waals surface area contributed by atoms with Gasteiger partial charge in [0.05, 0.1) is 0 Å². The number of nitrogens with zero attached hydrogens (tertiary/aromatic N) is 2. The maximum absolute atomic E-state index is 12.2. The molecule has 0 saturated carbocycles. The van der Waals surface area contributed by atoms with Crippen molar-refractivity contribution >= 4 is 24.3 Å². The van der Waals surface area contributed by atoms with Crippen LogP contribution in [0, 0.1) is 0 Å². The highest BCUT2D eigenvalue weighted by Gasteiger charge is 2.22. The SMILES string of the molecule is C[C@@H]1CNCCN1C(=O)CCNC(=O)N(C)Cc1ccccc1.Cl. The average molecular weight is 355 g/mol. The first-order chi connectivity index (χ1) is 11.1. The monoisotopic (exact) mass is 354 g/mol. The molecule has 1 saturated heterocycles. The van der Waals surface area contributed by atoms with Gasteiger partial charge in [-0.1, -0.05) is 30.3 Å². The molecule has 1 fully saturated rings. The maximum atomic E-state index is 12.2. The number of urea groups is 1. The number of piperazine rings is 1. The molecule has 24 heavy (non-hydrogen) atoms. The van der Waals surface area contributed by atoms with Crippen molar-refractivity contribution in [3.8, 4) is 0 Å². The van der Waals surface area contributed by atoms with Crippen LogP contribution >= 0.6 is 12.4 Å². The van der Waals surface area contributed by atoms with Crippen LogP contribution in [0.25, 0.3) is 0 Å². The molecular weight excluding hydrogens is 328 g/mol. The third-order valence-electron chi connectivity index (χ3n) is 4.05. The molecule has 2 N–H and O–H groups in total. The van der Waals surface area contributed by atoms with Gasteiger partial charge in [0.25, 0.3) is 0 Å². The zero-order valence-electron chi connectivity index (χ0n) is 14.3. The Morgan fingerprint density at radius 2 is 2.04 bits per heavy atom. The van der Waals surface area contributed by atoms with Gasteiger partial charge < -0.3 is 20.4 Å². The summed E-state index contributed by atoms with van der Waals surface area (Å²) >= 11 is 0. The minimum absolute atomic E-state index is 0. The van der Waals surface area contributed by atoms with Gasteiger partial charge >= 0.3 is 6.03 Å². The quantitative estimate of drug-likeness (QED) is 0.841. The molecule has 7 heteroatoms. The van der Waals surface area contributed by atoms with Gasteiger partial charge in [0.2, 0.25) is 5.91 Å². The van der Waals surface area contributed by atoms with E-state index in [9.17, 15) is 9.59 Å². The third kappa shape index (κ3) is 6.02. The molecule has 0 spiro atoms. The standard InChI is InChI=1S/C17H26N4O2.ClH/c1-14-12-18-10-11-21(14)16(22)8-9-19-17(23)20(2)13-15-6-4-3-5-7-15;/h3-7,14,18H,8-13H2,1-2H3,(H,19,23);1H/t14-;/m1./s1. The predicted molar refractivity (Wildman–Crippen MR) is 97.2 cm³/mol. The van der Waals surface area contributed by atoms with Crippen LogP contribution in [0.5, 0.6) is 0 Å². The molecule has 0 aromatic heterocycles. The van der Waals surface area contributed by atoms with Gasteiger partial charge in [0.1, 0.15) is 0 Å². The summed E-state index contributed by atoms with van der Waals surface area (Å²) in [6, 6.07) is 9.88. The second-order valence-electron chi connectivity index (χ2n) is 5.96. The van der Waals surface area contributed by atoms with E-state index in [1.54, 1.807) is 11.9 Å². The molecular formula is C17H27ClN4O2. The van der Waals surface area contributed by atoms with Gasteiger partial charge in [-0.25, -0.2) is 4.79 Å². The summed E-state index contributed by atoms with van der Waals surface area (Å²) in [5.41, 5.74) is 1.08. The summed E-state index contributed by atoms with van der Waals surface area (Å²) in [6.45, 7) is 5.36. The number of rotatable bonds is 5. The molecule has 0 bridgehead atoms. The van der Waals surface area contributed by atoms with Crippen molar-refractivity contribution in [1.29, 1.82) is 0 Å². The lowest BCUT2D eigenvalue weighted by molar-refractivity contribution is -0.133. The fourth-order valence-electron chi connectivity index (χ4n) is 2.70. The molecule has 0 unspecified atom stereocenters. The summed E-state index contributed by atoms with van der Waals surface area (Å²) in [4.78, 5) is 27.7. The summed E-state index contributed by atoms with van der Waals surface area (Å²) < 4.78 is 0. The second-order valence-corrected chi connectivity index (χ2v) is 5.96. The molecule has 1 aromatic rings. The van der Waals surface area contributed by atoms with Crippen LogP contribution < -0.4 is 10.6 Å². The van der Waals surface area contributed by atoms with Gasteiger partial charge in [0, 0.05) is 52.2 Å². The molecule has 1 atom stereocenters. The zero-order chi connectivity index (χ0) is 16.7. The Morgan fingerprint density at radius 3 is 2.71 bits per heavy atom. The van der Waals surface area contributed by atoms with Crippen LogP contribution in [0.1, 0.15) is 18.9 Å². The van der Waals surface area contributed by atoms with E-state index in [0.29, 0.717) is 19.5 Å². The van der Waals surface area contributed by atoms with E-state index in [0.717, 1.165) is 25.2 Å². The molecule has 1 aliphatic rings. The molecule has 2 rings (SSSR count). The van der Waals surface area contributed by atoms with E-state index < -0.39 is 0 Å². The molecule has 6 nitrogen and oxygen atoms in total. The van der Waals surface area contributed by atoms with Crippen molar-refractivity contribution in [3.63, 3.8) is 0 Å². The Labute approximate surface area is 150 Å². The van der Waals surface area contributed by atoms with Crippen LogP contribution in [-0.4, -0.2) is 61.0 Å². The highest BCUT2D eigenvalue weighted by atomic mass is 35.5. The van der Waals surface area contributed by atoms with E-state index in [2.05, 4.69) is 10.6 Å². The van der Waals surface area contributed by atoms with Crippen LogP contribution in [0.2, 0.25) is 0 Å². The summed E-state index contributed by atoms with van der Waals surface area (Å²) in [7, 11) is 1.75. The summed E-state index contributed by atoms with van der Waals surface area (Å²) in [5.74, 6) is 0.102. The average Bonchev–Trinajstić information content (AvgIpc) is 2.56. The molecule has 1 aromatic carbocycles. The minimum Gasteiger partial charge on any atom is -0.337 e. The van der Waals surface area contributed by atoms with Gasteiger partial charge in [-0.05, 0) is 12.5 Å². The van der Waals surface area contributed by atoms with Crippen molar-refractivity contribution in [2.75, 3.05) is 33.2 Å². The molecule has 3 amide bonds. The highest BCUT2D eigenvalue weighted by Crippen LogP contribution is 2.05. The Hall–Kier alpha value is -1.79. The Morgan fingerprint density at radius 1 is 1.33 bits per heavy atom. The third-order valence-corrected chi connectivity index (χ3v) is 4.05. The largest absolute Gasteiger partial charge is 0.337 e. The summed E-state index contributed by atoms with van der Waals surface area (Å²) in [5, 5.41) is 6.07. The number of nitrogens with one attached hydrogen (secondary N) is 2. The zero-order valence-corrected chi connectivity index (χ0v) is 15.1. The first-order valence-corrected chi connectivity index (χ1v) is 8.11. The molecule has 134 valence electrons. The Kier molecular flexibility index (Phi) is 8.57. The smallest absolute Gasteiger partial charge is 0.317 e. The molecule has 0 radical (unpaired) electrons. The van der Waals surface area contributed by atoms with Crippen LogP contribution in [0.15, 0.2) is 30.3 Å². The number of halogens is 1. The summed E-state index contributed by atoms with van der Waals surface area (Å²) in [6.07, 6.45) is 0.343. The predicted octanol–water partition coefficient (Wildman–Crippen LogP) is 1.46. The Balaban J connectivity index is 0.00000288. The topological polar surface area (TPSA) is 64.7 Å². The number of hydrogen-bond acceptors (Lipinski definition) is 3. The lowest BCUT2D eigenvalue weighted by Gasteiger charge is -2.34. The van der Waals surface area contributed by atoms with E-state index in [1.165, 1.54) is 0 Å². The van der Waals surface area contributed by atoms with Gasteiger partial charge in [-0.15, -0.1) is 12.4 Å². The van der Waals surface area contributed by atoms with Gasteiger partial charge in [0.15, 0.2) is 0 Å². The van der Waals surface area contributed by atoms with Gasteiger partial charge in [-0.3, -0.25) is 4.79 Å². The minimum atomic E-state index is -0.157. The number of amides is 3.